The second-order valence-electron chi connectivity index (χ2n) is 9.28. The van der Waals surface area contributed by atoms with Crippen molar-refractivity contribution in [3.05, 3.63) is 86.4 Å². The standard InChI is InChI=1S/C26H26FN3O4/c1-26(2)14-34-23(16-6-10-17(27)11-7-16)22-21-19(24(31)29(4)25(32)28(21)3)20(30(22)26)15-8-12-18(33-5)13-9-15/h6-13,23H,14H2,1-5H3/t23-/m1/s1. The van der Waals surface area contributed by atoms with Gasteiger partial charge in [0, 0.05) is 14.1 Å². The van der Waals surface area contributed by atoms with Crippen molar-refractivity contribution in [1.82, 2.24) is 13.7 Å². The molecule has 0 saturated carbocycles. The molecule has 2 aromatic carbocycles. The van der Waals surface area contributed by atoms with Gasteiger partial charge < -0.3 is 14.0 Å². The van der Waals surface area contributed by atoms with Crippen LogP contribution in [-0.2, 0) is 24.4 Å². The summed E-state index contributed by atoms with van der Waals surface area (Å²) in [4.78, 5) is 26.5. The molecule has 0 saturated heterocycles. The maximum atomic E-state index is 13.7. The number of rotatable bonds is 3. The lowest BCUT2D eigenvalue weighted by Gasteiger charge is -2.39. The predicted molar refractivity (Wildman–Crippen MR) is 128 cm³/mol. The summed E-state index contributed by atoms with van der Waals surface area (Å²) in [5, 5.41) is 0.440. The number of methoxy groups -OCH3 is 1. The Morgan fingerprint density at radius 1 is 1.00 bits per heavy atom. The number of nitrogens with zero attached hydrogens (tertiary/aromatic N) is 3. The Balaban J connectivity index is 1.97. The van der Waals surface area contributed by atoms with Gasteiger partial charge in [-0.25, -0.2) is 9.18 Å². The summed E-state index contributed by atoms with van der Waals surface area (Å²) in [5.41, 5.74) is 2.16. The number of benzene rings is 2. The van der Waals surface area contributed by atoms with Crippen molar-refractivity contribution in [2.75, 3.05) is 13.7 Å². The van der Waals surface area contributed by atoms with Gasteiger partial charge in [0.2, 0.25) is 0 Å². The molecule has 1 aliphatic heterocycles. The normalized spacial score (nSPS) is 17.1. The van der Waals surface area contributed by atoms with Crippen molar-refractivity contribution in [2.24, 2.45) is 14.1 Å². The molecule has 1 aliphatic rings. The molecular weight excluding hydrogens is 437 g/mol. The first kappa shape index (κ1) is 22.2. The molecule has 0 spiro atoms. The average molecular weight is 464 g/mol. The smallest absolute Gasteiger partial charge is 0.331 e. The fraction of sp³-hybridized carbons (Fsp3) is 0.308. The summed E-state index contributed by atoms with van der Waals surface area (Å²) >= 11 is 0. The van der Waals surface area contributed by atoms with E-state index in [0.29, 0.717) is 34.6 Å². The van der Waals surface area contributed by atoms with Crippen LogP contribution in [0.2, 0.25) is 0 Å². The van der Waals surface area contributed by atoms with E-state index in [1.165, 1.54) is 23.7 Å². The fourth-order valence-electron chi connectivity index (χ4n) is 4.91. The number of aryl methyl sites for hydroxylation is 1. The van der Waals surface area contributed by atoms with Gasteiger partial charge in [0.25, 0.3) is 5.56 Å². The van der Waals surface area contributed by atoms with Crippen molar-refractivity contribution in [2.45, 2.75) is 25.5 Å². The molecule has 3 heterocycles. The zero-order valence-corrected chi connectivity index (χ0v) is 19.8. The molecule has 0 bridgehead atoms. The number of ether oxygens (including phenoxy) is 2. The summed E-state index contributed by atoms with van der Waals surface area (Å²) in [6.45, 7) is 4.43. The van der Waals surface area contributed by atoms with E-state index in [-0.39, 0.29) is 11.4 Å². The summed E-state index contributed by atoms with van der Waals surface area (Å²) in [7, 11) is 4.74. The number of hydrogen-bond donors (Lipinski definition) is 0. The Labute approximate surface area is 195 Å². The van der Waals surface area contributed by atoms with Crippen molar-refractivity contribution >= 4 is 10.9 Å². The minimum absolute atomic E-state index is 0.347. The van der Waals surface area contributed by atoms with Gasteiger partial charge in [0.1, 0.15) is 17.7 Å². The quantitative estimate of drug-likeness (QED) is 0.465. The van der Waals surface area contributed by atoms with Gasteiger partial charge in [-0.15, -0.1) is 0 Å². The molecule has 4 aromatic rings. The molecule has 0 N–H and O–H groups in total. The van der Waals surface area contributed by atoms with Gasteiger partial charge in [-0.2, -0.15) is 0 Å². The van der Waals surface area contributed by atoms with Crippen molar-refractivity contribution in [3.63, 3.8) is 0 Å². The second-order valence-corrected chi connectivity index (χ2v) is 9.28. The second kappa shape index (κ2) is 7.70. The summed E-state index contributed by atoms with van der Waals surface area (Å²) in [6.07, 6.45) is -0.583. The molecule has 5 rings (SSSR count). The third kappa shape index (κ3) is 3.13. The third-order valence-electron chi connectivity index (χ3n) is 6.60. The highest BCUT2D eigenvalue weighted by atomic mass is 19.1. The van der Waals surface area contributed by atoms with E-state index in [0.717, 1.165) is 15.7 Å². The molecule has 176 valence electrons. The van der Waals surface area contributed by atoms with E-state index in [1.54, 1.807) is 26.3 Å². The number of fused-ring (bicyclic) bond motifs is 3. The Morgan fingerprint density at radius 2 is 1.65 bits per heavy atom. The van der Waals surface area contributed by atoms with Crippen LogP contribution in [0.4, 0.5) is 4.39 Å². The number of aromatic nitrogens is 3. The van der Waals surface area contributed by atoms with Gasteiger partial charge >= 0.3 is 5.69 Å². The Kier molecular flexibility index (Phi) is 5.02. The first-order valence-corrected chi connectivity index (χ1v) is 11.0. The molecule has 0 aliphatic carbocycles. The van der Waals surface area contributed by atoms with Crippen LogP contribution in [0.3, 0.4) is 0 Å². The molecule has 0 amide bonds. The lowest BCUT2D eigenvalue weighted by Crippen LogP contribution is -2.40. The number of hydrogen-bond acceptors (Lipinski definition) is 4. The molecular formula is C26H26FN3O4. The maximum Gasteiger partial charge on any atom is 0.331 e. The molecule has 1 atom stereocenters. The Bertz CT molecular complexity index is 1530. The zero-order valence-electron chi connectivity index (χ0n) is 19.8. The van der Waals surface area contributed by atoms with E-state index in [2.05, 4.69) is 4.57 Å². The van der Waals surface area contributed by atoms with E-state index in [4.69, 9.17) is 9.47 Å². The van der Waals surface area contributed by atoms with Gasteiger partial charge in [-0.05, 0) is 61.4 Å². The van der Waals surface area contributed by atoms with Crippen molar-refractivity contribution in [1.29, 1.82) is 0 Å². The molecule has 0 unspecified atom stereocenters. The first-order chi connectivity index (χ1) is 16.2. The predicted octanol–water partition coefficient (Wildman–Crippen LogP) is 3.71. The lowest BCUT2D eigenvalue weighted by atomic mass is 9.98. The first-order valence-electron chi connectivity index (χ1n) is 11.0. The van der Waals surface area contributed by atoms with Crippen LogP contribution >= 0.6 is 0 Å². The van der Waals surface area contributed by atoms with Gasteiger partial charge in [0.15, 0.2) is 0 Å². The largest absolute Gasteiger partial charge is 0.497 e. The highest BCUT2D eigenvalue weighted by Gasteiger charge is 2.40. The molecule has 0 fully saturated rings. The molecule has 8 heteroatoms. The highest BCUT2D eigenvalue weighted by molar-refractivity contribution is 5.96. The van der Waals surface area contributed by atoms with Crippen molar-refractivity contribution < 1.29 is 13.9 Å². The van der Waals surface area contributed by atoms with E-state index in [9.17, 15) is 14.0 Å². The van der Waals surface area contributed by atoms with Gasteiger partial charge in [-0.1, -0.05) is 12.1 Å². The maximum absolute atomic E-state index is 13.7. The van der Waals surface area contributed by atoms with Crippen LogP contribution < -0.4 is 16.0 Å². The van der Waals surface area contributed by atoms with Crippen LogP contribution in [0.25, 0.3) is 22.2 Å². The van der Waals surface area contributed by atoms with E-state index in [1.807, 2.05) is 38.1 Å². The van der Waals surface area contributed by atoms with Crippen molar-refractivity contribution in [3.8, 4) is 17.0 Å². The lowest BCUT2D eigenvalue weighted by molar-refractivity contribution is -0.00709. The van der Waals surface area contributed by atoms with Gasteiger partial charge in [-0.3, -0.25) is 13.9 Å². The third-order valence-corrected chi connectivity index (χ3v) is 6.60. The summed E-state index contributed by atoms with van der Waals surface area (Å²) in [5.74, 6) is 0.353. The molecule has 34 heavy (non-hydrogen) atoms. The van der Waals surface area contributed by atoms with E-state index < -0.39 is 17.3 Å². The minimum atomic E-state index is -0.583. The highest BCUT2D eigenvalue weighted by Crippen LogP contribution is 2.45. The van der Waals surface area contributed by atoms with Crippen LogP contribution in [-0.4, -0.2) is 27.4 Å². The zero-order chi connectivity index (χ0) is 24.4. The monoisotopic (exact) mass is 463 g/mol. The topological polar surface area (TPSA) is 67.4 Å². The van der Waals surface area contributed by atoms with E-state index >= 15 is 0 Å². The van der Waals surface area contributed by atoms with Gasteiger partial charge in [0.05, 0.1) is 41.5 Å². The molecule has 7 nitrogen and oxygen atoms in total. The number of halogens is 1. The Hall–Kier alpha value is -3.65. The SMILES string of the molecule is COc1ccc(-c2c3c(=O)n(C)c(=O)n(C)c3c3n2C(C)(C)CO[C@@H]3c2ccc(F)cc2)cc1. The van der Waals surface area contributed by atoms with Crippen LogP contribution in [0.15, 0.2) is 58.1 Å². The summed E-state index contributed by atoms with van der Waals surface area (Å²) < 4.78 is 30.1. The average Bonchev–Trinajstić information content (AvgIpc) is 3.20. The minimum Gasteiger partial charge on any atom is -0.497 e. The Morgan fingerprint density at radius 3 is 2.26 bits per heavy atom. The van der Waals surface area contributed by atoms with Crippen LogP contribution in [0.1, 0.15) is 31.2 Å². The molecule has 0 radical (unpaired) electrons. The fourth-order valence-corrected chi connectivity index (χ4v) is 4.91. The molecule has 2 aromatic heterocycles. The van der Waals surface area contributed by atoms with Crippen LogP contribution in [0.5, 0.6) is 5.75 Å². The van der Waals surface area contributed by atoms with Crippen LogP contribution in [0, 0.1) is 5.82 Å². The summed E-state index contributed by atoms with van der Waals surface area (Å²) in [6, 6.07) is 13.6.